The fourth-order valence-corrected chi connectivity index (χ4v) is 4.33. The van der Waals surface area contributed by atoms with Crippen LogP contribution in [0.15, 0.2) is 30.4 Å². The van der Waals surface area contributed by atoms with Crippen LogP contribution in [0, 0.1) is 0 Å². The lowest BCUT2D eigenvalue weighted by Gasteiger charge is -2.21. The monoisotopic (exact) mass is 660 g/mol. The molecule has 0 radical (unpaired) electrons. The van der Waals surface area contributed by atoms with Crippen LogP contribution in [0.1, 0.15) is 52.0 Å². The number of aliphatic hydroxyl groups is 1. The molecule has 1 aromatic rings. The van der Waals surface area contributed by atoms with E-state index in [-0.39, 0.29) is 64.2 Å². The van der Waals surface area contributed by atoms with E-state index in [1.165, 1.54) is 26.8 Å². The molecule has 16 nitrogen and oxygen atoms in total. The fraction of sp³-hybridized carbons (Fsp3) is 0.516. The van der Waals surface area contributed by atoms with Crippen molar-refractivity contribution in [1.29, 1.82) is 0 Å². The summed E-state index contributed by atoms with van der Waals surface area (Å²) in [6, 6.07) is 2.90. The summed E-state index contributed by atoms with van der Waals surface area (Å²) in [7, 11) is 0. The third-order valence-corrected chi connectivity index (χ3v) is 6.76. The molecule has 0 fully saturated rings. The Morgan fingerprint density at radius 2 is 1.60 bits per heavy atom. The molecule has 0 unspecified atom stereocenters. The molecular formula is C31H44N6O10. The summed E-state index contributed by atoms with van der Waals surface area (Å²) < 4.78 is 11.2. The standard InChI is InChI=1S/C31H44N6O10/c1-20(34-22(3)40)30(44)36-25(6-4-5-12-32-21(2)39)31(45)35-24-8-7-23(19-38)26(18-24)47-17-16-46-15-13-33-27(41)11-14-37-28(42)9-10-29(37)43/h7-10,18,20,25,38H,4-6,11-17,19H2,1-3H3,(H,32,39)(H,33,41)(H,34,40)(H,35,45)(H,36,44)/t20-,25-/m0/s1. The highest BCUT2D eigenvalue weighted by molar-refractivity contribution is 6.13. The lowest BCUT2D eigenvalue weighted by molar-refractivity contribution is -0.137. The molecule has 258 valence electrons. The number of benzene rings is 1. The van der Waals surface area contributed by atoms with E-state index in [0.29, 0.717) is 36.4 Å². The van der Waals surface area contributed by atoms with Crippen molar-refractivity contribution < 1.29 is 48.1 Å². The molecule has 6 N–H and O–H groups in total. The van der Waals surface area contributed by atoms with Gasteiger partial charge in [-0.2, -0.15) is 0 Å². The Morgan fingerprint density at radius 1 is 0.872 bits per heavy atom. The average molecular weight is 661 g/mol. The van der Waals surface area contributed by atoms with Crippen LogP contribution in [0.2, 0.25) is 0 Å². The topological polar surface area (TPSA) is 222 Å². The van der Waals surface area contributed by atoms with E-state index in [1.807, 2.05) is 0 Å². The number of amides is 7. The van der Waals surface area contributed by atoms with Crippen molar-refractivity contribution in [2.24, 2.45) is 0 Å². The molecule has 1 aliphatic rings. The second-order valence-corrected chi connectivity index (χ2v) is 10.7. The van der Waals surface area contributed by atoms with E-state index in [1.54, 1.807) is 12.1 Å². The van der Waals surface area contributed by atoms with Crippen LogP contribution < -0.4 is 31.3 Å². The van der Waals surface area contributed by atoms with Crippen molar-refractivity contribution in [3.05, 3.63) is 35.9 Å². The first-order chi connectivity index (χ1) is 22.4. The molecule has 1 heterocycles. The van der Waals surface area contributed by atoms with Gasteiger partial charge in [0.1, 0.15) is 24.4 Å². The number of anilines is 1. The van der Waals surface area contributed by atoms with Crippen molar-refractivity contribution in [1.82, 2.24) is 26.2 Å². The molecule has 1 aromatic carbocycles. The summed E-state index contributed by atoms with van der Waals surface area (Å²) in [5, 5.41) is 23.0. The number of rotatable bonds is 21. The van der Waals surface area contributed by atoms with Gasteiger partial charge in [0.15, 0.2) is 0 Å². The van der Waals surface area contributed by atoms with Crippen LogP contribution in [0.3, 0.4) is 0 Å². The Labute approximate surface area is 273 Å². The van der Waals surface area contributed by atoms with Crippen molar-refractivity contribution in [3.8, 4) is 5.75 Å². The van der Waals surface area contributed by atoms with Gasteiger partial charge in [0, 0.05) is 69.4 Å². The first kappa shape index (κ1) is 38.4. The third-order valence-electron chi connectivity index (χ3n) is 6.76. The zero-order valence-corrected chi connectivity index (χ0v) is 26.9. The number of nitrogens with one attached hydrogen (secondary N) is 5. The largest absolute Gasteiger partial charge is 0.491 e. The maximum Gasteiger partial charge on any atom is 0.253 e. The first-order valence-electron chi connectivity index (χ1n) is 15.3. The predicted octanol–water partition coefficient (Wildman–Crippen LogP) is -0.740. The van der Waals surface area contributed by atoms with E-state index in [2.05, 4.69) is 26.6 Å². The average Bonchev–Trinajstić information content (AvgIpc) is 3.34. The minimum atomic E-state index is -0.936. The molecule has 0 aromatic heterocycles. The van der Waals surface area contributed by atoms with Gasteiger partial charge in [-0.05, 0) is 32.3 Å². The summed E-state index contributed by atoms with van der Waals surface area (Å²) in [5.41, 5.74) is 0.818. The Morgan fingerprint density at radius 3 is 2.26 bits per heavy atom. The van der Waals surface area contributed by atoms with Gasteiger partial charge in [0.25, 0.3) is 11.8 Å². The van der Waals surface area contributed by atoms with Crippen LogP contribution >= 0.6 is 0 Å². The first-order valence-corrected chi connectivity index (χ1v) is 15.3. The molecule has 2 rings (SSSR count). The molecule has 2 atom stereocenters. The molecule has 0 aliphatic carbocycles. The lowest BCUT2D eigenvalue weighted by Crippen LogP contribution is -2.51. The normalized spacial score (nSPS) is 13.5. The van der Waals surface area contributed by atoms with Gasteiger partial charge in [-0.25, -0.2) is 0 Å². The Bertz CT molecular complexity index is 1300. The Kier molecular flexibility index (Phi) is 16.6. The van der Waals surface area contributed by atoms with Crippen molar-refractivity contribution >= 4 is 47.0 Å². The SMILES string of the molecule is CC(=O)NCCCC[C@H](NC(=O)[C@H](C)NC(C)=O)C(=O)Nc1ccc(CO)c(OCCOCCNC(=O)CCN2C(=O)C=CC2=O)c1. The van der Waals surface area contributed by atoms with Crippen LogP contribution in [-0.4, -0.2) is 103 Å². The quantitative estimate of drug-likeness (QED) is 0.0716. The second-order valence-electron chi connectivity index (χ2n) is 10.7. The highest BCUT2D eigenvalue weighted by Crippen LogP contribution is 2.24. The lowest BCUT2D eigenvalue weighted by atomic mass is 10.1. The molecule has 0 saturated carbocycles. The van der Waals surface area contributed by atoms with Gasteiger partial charge in [0.2, 0.25) is 29.5 Å². The molecule has 0 bridgehead atoms. The molecule has 0 saturated heterocycles. The van der Waals surface area contributed by atoms with E-state index in [0.717, 1.165) is 17.1 Å². The number of nitrogens with zero attached hydrogens (tertiary/aromatic N) is 1. The van der Waals surface area contributed by atoms with Gasteiger partial charge in [-0.3, -0.25) is 38.5 Å². The number of unbranched alkanes of at least 4 members (excludes halogenated alkanes) is 1. The third kappa shape index (κ3) is 14.4. The second kappa shape index (κ2) is 20.3. The smallest absolute Gasteiger partial charge is 0.253 e. The van der Waals surface area contributed by atoms with Crippen molar-refractivity contribution in [2.75, 3.05) is 44.8 Å². The maximum atomic E-state index is 13.2. The van der Waals surface area contributed by atoms with Gasteiger partial charge in [-0.15, -0.1) is 0 Å². The van der Waals surface area contributed by atoms with Gasteiger partial charge in [-0.1, -0.05) is 6.07 Å². The number of hydrogen-bond acceptors (Lipinski definition) is 10. The zero-order chi connectivity index (χ0) is 34.8. The number of ether oxygens (including phenoxy) is 2. The maximum absolute atomic E-state index is 13.2. The summed E-state index contributed by atoms with van der Waals surface area (Å²) in [5.74, 6) is -2.52. The predicted molar refractivity (Wildman–Crippen MR) is 169 cm³/mol. The number of carbonyl (C=O) groups is 7. The zero-order valence-electron chi connectivity index (χ0n) is 26.9. The Balaban J connectivity index is 1.84. The number of carbonyl (C=O) groups excluding carboxylic acids is 7. The number of hydrogen-bond donors (Lipinski definition) is 6. The summed E-state index contributed by atoms with van der Waals surface area (Å²) >= 11 is 0. The van der Waals surface area contributed by atoms with Crippen LogP contribution in [0.5, 0.6) is 5.75 Å². The highest BCUT2D eigenvalue weighted by atomic mass is 16.5. The van der Waals surface area contributed by atoms with Crippen molar-refractivity contribution in [3.63, 3.8) is 0 Å². The van der Waals surface area contributed by atoms with E-state index in [9.17, 15) is 38.7 Å². The van der Waals surface area contributed by atoms with Crippen LogP contribution in [0.4, 0.5) is 5.69 Å². The fourth-order valence-electron chi connectivity index (χ4n) is 4.33. The summed E-state index contributed by atoms with van der Waals surface area (Å²) in [6.07, 6.45) is 3.66. The van der Waals surface area contributed by atoms with E-state index >= 15 is 0 Å². The van der Waals surface area contributed by atoms with E-state index < -0.39 is 41.6 Å². The Hall–Kier alpha value is -4.83. The van der Waals surface area contributed by atoms with Gasteiger partial charge < -0.3 is 41.2 Å². The molecule has 16 heteroatoms. The molecule has 0 spiro atoms. The summed E-state index contributed by atoms with van der Waals surface area (Å²) in [6.45, 7) is 4.91. The number of imide groups is 1. The van der Waals surface area contributed by atoms with Gasteiger partial charge in [0.05, 0.1) is 19.8 Å². The molecular weight excluding hydrogens is 616 g/mol. The van der Waals surface area contributed by atoms with E-state index in [4.69, 9.17) is 9.47 Å². The van der Waals surface area contributed by atoms with Crippen LogP contribution in [0.25, 0.3) is 0 Å². The molecule has 1 aliphatic heterocycles. The molecule has 47 heavy (non-hydrogen) atoms. The van der Waals surface area contributed by atoms with Gasteiger partial charge >= 0.3 is 0 Å². The highest BCUT2D eigenvalue weighted by Gasteiger charge is 2.25. The molecule has 7 amide bonds. The van der Waals surface area contributed by atoms with Crippen molar-refractivity contribution in [2.45, 2.75) is 65.1 Å². The minimum Gasteiger partial charge on any atom is -0.491 e. The summed E-state index contributed by atoms with van der Waals surface area (Å²) in [4.78, 5) is 84.4. The number of aliphatic hydroxyl groups excluding tert-OH is 1. The minimum absolute atomic E-state index is 0.00899. The van der Waals surface area contributed by atoms with Crippen LogP contribution in [-0.2, 0) is 44.9 Å².